The van der Waals surface area contributed by atoms with Gasteiger partial charge in [-0.15, -0.1) is 24.2 Å². The van der Waals surface area contributed by atoms with Crippen molar-refractivity contribution in [1.82, 2.24) is 15.5 Å². The van der Waals surface area contributed by atoms with E-state index in [1.807, 2.05) is 12.1 Å². The monoisotopic (exact) mass is 363 g/mol. The Morgan fingerprint density at radius 1 is 1.41 bits per heavy atom. The number of nitrogens with one attached hydrogen (secondary N) is 2. The summed E-state index contributed by atoms with van der Waals surface area (Å²) in [5.74, 6) is 0.895. The standard InChI is InChI=1S/C15H22ClN3OS.ClH/c1-2-21-14-4-3-12(16)11-13(14)15(20)18-7-10-19-8-5-17-6-9-19;/h3-4,11,17H,2,5-10H2,1H3,(H,18,20);1H. The van der Waals surface area contributed by atoms with Crippen LogP contribution >= 0.6 is 35.8 Å². The second kappa shape index (κ2) is 10.3. The number of carbonyl (C=O) groups is 1. The van der Waals surface area contributed by atoms with Gasteiger partial charge in [0.25, 0.3) is 5.91 Å². The molecule has 0 atom stereocenters. The van der Waals surface area contributed by atoms with Crippen LogP contribution in [0.15, 0.2) is 23.1 Å². The summed E-state index contributed by atoms with van der Waals surface area (Å²) < 4.78 is 0. The molecule has 7 heteroatoms. The lowest BCUT2D eigenvalue weighted by molar-refractivity contribution is 0.0944. The Balaban J connectivity index is 0.00000242. The predicted molar refractivity (Wildman–Crippen MR) is 96.7 cm³/mol. The number of benzene rings is 1. The summed E-state index contributed by atoms with van der Waals surface area (Å²) in [6, 6.07) is 5.50. The molecule has 0 radical (unpaired) electrons. The molecule has 1 fully saturated rings. The summed E-state index contributed by atoms with van der Waals surface area (Å²) in [5.41, 5.74) is 0.676. The van der Waals surface area contributed by atoms with Crippen LogP contribution in [-0.2, 0) is 0 Å². The van der Waals surface area contributed by atoms with E-state index in [-0.39, 0.29) is 18.3 Å². The maximum Gasteiger partial charge on any atom is 0.252 e. The van der Waals surface area contributed by atoms with Gasteiger partial charge in [0.1, 0.15) is 0 Å². The van der Waals surface area contributed by atoms with Crippen molar-refractivity contribution in [2.75, 3.05) is 45.0 Å². The highest BCUT2D eigenvalue weighted by molar-refractivity contribution is 7.99. The number of nitrogens with zero attached hydrogens (tertiary/aromatic N) is 1. The Morgan fingerprint density at radius 3 is 2.82 bits per heavy atom. The Labute approximate surface area is 147 Å². The van der Waals surface area contributed by atoms with Crippen LogP contribution in [0.2, 0.25) is 5.02 Å². The normalized spacial score (nSPS) is 15.2. The summed E-state index contributed by atoms with van der Waals surface area (Å²) in [7, 11) is 0. The number of amides is 1. The van der Waals surface area contributed by atoms with Crippen molar-refractivity contribution in [3.8, 4) is 0 Å². The minimum atomic E-state index is -0.0383. The molecule has 2 N–H and O–H groups in total. The van der Waals surface area contributed by atoms with E-state index in [0.717, 1.165) is 43.4 Å². The molecule has 0 bridgehead atoms. The van der Waals surface area contributed by atoms with Crippen LogP contribution in [0, 0.1) is 0 Å². The minimum absolute atomic E-state index is 0. The molecular weight excluding hydrogens is 341 g/mol. The lowest BCUT2D eigenvalue weighted by Crippen LogP contribution is -2.46. The van der Waals surface area contributed by atoms with Crippen molar-refractivity contribution in [3.63, 3.8) is 0 Å². The van der Waals surface area contributed by atoms with Crippen LogP contribution in [0.5, 0.6) is 0 Å². The minimum Gasteiger partial charge on any atom is -0.351 e. The second-order valence-electron chi connectivity index (χ2n) is 4.92. The zero-order valence-electron chi connectivity index (χ0n) is 12.7. The van der Waals surface area contributed by atoms with Crippen LogP contribution in [0.4, 0.5) is 0 Å². The fourth-order valence-corrected chi connectivity index (χ4v) is 3.27. The zero-order valence-corrected chi connectivity index (χ0v) is 15.1. The third-order valence-corrected chi connectivity index (χ3v) is 4.60. The molecule has 4 nitrogen and oxygen atoms in total. The molecule has 22 heavy (non-hydrogen) atoms. The van der Waals surface area contributed by atoms with E-state index in [0.29, 0.717) is 17.1 Å². The number of hydrogen-bond acceptors (Lipinski definition) is 4. The molecule has 0 spiro atoms. The van der Waals surface area contributed by atoms with E-state index in [1.165, 1.54) is 0 Å². The van der Waals surface area contributed by atoms with Gasteiger partial charge >= 0.3 is 0 Å². The highest BCUT2D eigenvalue weighted by Crippen LogP contribution is 2.25. The summed E-state index contributed by atoms with van der Waals surface area (Å²) in [5, 5.41) is 6.92. The Kier molecular flexibility index (Phi) is 9.21. The molecule has 1 amide bonds. The van der Waals surface area contributed by atoms with Gasteiger partial charge < -0.3 is 10.6 Å². The quantitative estimate of drug-likeness (QED) is 0.762. The van der Waals surface area contributed by atoms with Crippen LogP contribution in [0.25, 0.3) is 0 Å². The molecule has 124 valence electrons. The summed E-state index contributed by atoms with van der Waals surface area (Å²) in [4.78, 5) is 15.7. The van der Waals surface area contributed by atoms with Crippen molar-refractivity contribution >= 4 is 41.7 Å². The first-order valence-electron chi connectivity index (χ1n) is 7.34. The molecule has 1 heterocycles. The van der Waals surface area contributed by atoms with Crippen LogP contribution < -0.4 is 10.6 Å². The molecule has 0 saturated carbocycles. The fourth-order valence-electron chi connectivity index (χ4n) is 2.32. The topological polar surface area (TPSA) is 44.4 Å². The number of thioether (sulfide) groups is 1. The third-order valence-electron chi connectivity index (χ3n) is 3.41. The van der Waals surface area contributed by atoms with Gasteiger partial charge in [-0.2, -0.15) is 0 Å². The van der Waals surface area contributed by atoms with Gasteiger partial charge in [-0.05, 0) is 24.0 Å². The van der Waals surface area contributed by atoms with Gasteiger partial charge in [0.05, 0.1) is 5.56 Å². The van der Waals surface area contributed by atoms with E-state index in [1.54, 1.807) is 17.8 Å². The lowest BCUT2D eigenvalue weighted by Gasteiger charge is -2.27. The van der Waals surface area contributed by atoms with E-state index in [2.05, 4.69) is 22.5 Å². The zero-order chi connectivity index (χ0) is 15.1. The number of carbonyl (C=O) groups excluding carboxylic acids is 1. The maximum absolute atomic E-state index is 12.3. The van der Waals surface area contributed by atoms with E-state index in [4.69, 9.17) is 11.6 Å². The number of halogens is 2. The van der Waals surface area contributed by atoms with Crippen molar-refractivity contribution in [2.45, 2.75) is 11.8 Å². The smallest absolute Gasteiger partial charge is 0.252 e. The molecule has 2 rings (SSSR count). The third kappa shape index (κ3) is 5.97. The molecule has 0 aliphatic carbocycles. The van der Waals surface area contributed by atoms with Crippen molar-refractivity contribution in [2.24, 2.45) is 0 Å². The van der Waals surface area contributed by atoms with Crippen LogP contribution in [0.1, 0.15) is 17.3 Å². The number of hydrogen-bond donors (Lipinski definition) is 2. The maximum atomic E-state index is 12.3. The van der Waals surface area contributed by atoms with Gasteiger partial charge in [0, 0.05) is 49.2 Å². The molecule has 1 aromatic rings. The van der Waals surface area contributed by atoms with Gasteiger partial charge in [0.15, 0.2) is 0 Å². The average molecular weight is 364 g/mol. The Bertz CT molecular complexity index is 482. The number of piperazine rings is 1. The fraction of sp³-hybridized carbons (Fsp3) is 0.533. The lowest BCUT2D eigenvalue weighted by atomic mass is 10.2. The summed E-state index contributed by atoms with van der Waals surface area (Å²) in [6.07, 6.45) is 0. The van der Waals surface area contributed by atoms with E-state index >= 15 is 0 Å². The molecule has 1 aromatic carbocycles. The molecule has 0 aromatic heterocycles. The Morgan fingerprint density at radius 2 is 2.14 bits per heavy atom. The van der Waals surface area contributed by atoms with Gasteiger partial charge in [-0.25, -0.2) is 0 Å². The van der Waals surface area contributed by atoms with Gasteiger partial charge in [-0.3, -0.25) is 9.69 Å². The highest BCUT2D eigenvalue weighted by Gasteiger charge is 2.13. The molecule has 1 aliphatic heterocycles. The average Bonchev–Trinajstić information content (AvgIpc) is 2.50. The van der Waals surface area contributed by atoms with Crippen molar-refractivity contribution in [1.29, 1.82) is 0 Å². The second-order valence-corrected chi connectivity index (χ2v) is 6.66. The number of rotatable bonds is 6. The van der Waals surface area contributed by atoms with Gasteiger partial charge in [-0.1, -0.05) is 18.5 Å². The molecular formula is C15H23Cl2N3OS. The van der Waals surface area contributed by atoms with Gasteiger partial charge in [0.2, 0.25) is 0 Å². The molecule has 0 unspecified atom stereocenters. The first-order valence-corrected chi connectivity index (χ1v) is 8.70. The van der Waals surface area contributed by atoms with Crippen molar-refractivity contribution < 1.29 is 4.79 Å². The van der Waals surface area contributed by atoms with E-state index in [9.17, 15) is 4.79 Å². The predicted octanol–water partition coefficient (Wildman–Crippen LogP) is 2.51. The Hall–Kier alpha value is -0.460. The van der Waals surface area contributed by atoms with Crippen LogP contribution in [0.3, 0.4) is 0 Å². The SMILES string of the molecule is CCSc1ccc(Cl)cc1C(=O)NCCN1CCNCC1.Cl. The summed E-state index contributed by atoms with van der Waals surface area (Å²) in [6.45, 7) is 7.78. The van der Waals surface area contributed by atoms with Crippen molar-refractivity contribution in [3.05, 3.63) is 28.8 Å². The molecule has 1 saturated heterocycles. The first kappa shape index (κ1) is 19.6. The largest absolute Gasteiger partial charge is 0.351 e. The summed E-state index contributed by atoms with van der Waals surface area (Å²) >= 11 is 7.67. The first-order chi connectivity index (χ1) is 10.2. The van der Waals surface area contributed by atoms with E-state index < -0.39 is 0 Å². The van der Waals surface area contributed by atoms with Crippen LogP contribution in [-0.4, -0.2) is 55.8 Å². The molecule has 1 aliphatic rings. The highest BCUT2D eigenvalue weighted by atomic mass is 35.5.